The SMILES string of the molecule is CCCCCCCSc1ccc2c(c1)CCN2C(=O)c1ccccc1C(=O)O. The van der Waals surface area contributed by atoms with E-state index in [-0.39, 0.29) is 17.0 Å². The van der Waals surface area contributed by atoms with E-state index in [1.54, 1.807) is 23.1 Å². The molecular weight excluding hydrogens is 370 g/mol. The number of carbonyl (C=O) groups is 2. The summed E-state index contributed by atoms with van der Waals surface area (Å²) in [5, 5.41) is 9.37. The number of amides is 1. The van der Waals surface area contributed by atoms with Crippen molar-refractivity contribution in [3.63, 3.8) is 0 Å². The summed E-state index contributed by atoms with van der Waals surface area (Å²) in [7, 11) is 0. The fourth-order valence-electron chi connectivity index (χ4n) is 3.58. The third-order valence-electron chi connectivity index (χ3n) is 5.10. The fourth-order valence-corrected chi connectivity index (χ4v) is 4.55. The lowest BCUT2D eigenvalue weighted by molar-refractivity contribution is 0.0692. The predicted molar refractivity (Wildman–Crippen MR) is 115 cm³/mol. The molecule has 0 saturated heterocycles. The van der Waals surface area contributed by atoms with E-state index in [4.69, 9.17) is 0 Å². The summed E-state index contributed by atoms with van der Waals surface area (Å²) < 4.78 is 0. The summed E-state index contributed by atoms with van der Waals surface area (Å²) in [6, 6.07) is 12.7. The number of hydrogen-bond acceptors (Lipinski definition) is 3. The molecule has 0 unspecified atom stereocenters. The van der Waals surface area contributed by atoms with Crippen LogP contribution in [0.4, 0.5) is 5.69 Å². The topological polar surface area (TPSA) is 57.6 Å². The predicted octanol–water partition coefficient (Wildman–Crippen LogP) is 5.65. The number of anilines is 1. The molecule has 4 nitrogen and oxygen atoms in total. The van der Waals surface area contributed by atoms with Gasteiger partial charge in [-0.2, -0.15) is 0 Å². The molecule has 1 aliphatic heterocycles. The Morgan fingerprint density at radius 3 is 2.54 bits per heavy atom. The molecule has 0 saturated carbocycles. The molecule has 2 aromatic rings. The average Bonchev–Trinajstić information content (AvgIpc) is 3.13. The van der Waals surface area contributed by atoms with Crippen molar-refractivity contribution in [2.75, 3.05) is 17.2 Å². The molecule has 0 aliphatic carbocycles. The van der Waals surface area contributed by atoms with Gasteiger partial charge in [-0.1, -0.05) is 44.7 Å². The Labute approximate surface area is 170 Å². The fraction of sp³-hybridized carbons (Fsp3) is 0.391. The second kappa shape index (κ2) is 9.78. The zero-order valence-corrected chi connectivity index (χ0v) is 17.1. The van der Waals surface area contributed by atoms with Crippen molar-refractivity contribution >= 4 is 29.3 Å². The number of carboxylic acid groups (broad SMARTS) is 1. The van der Waals surface area contributed by atoms with E-state index < -0.39 is 5.97 Å². The minimum atomic E-state index is -1.07. The Kier molecular flexibility index (Phi) is 7.15. The minimum Gasteiger partial charge on any atom is -0.478 e. The van der Waals surface area contributed by atoms with Gasteiger partial charge < -0.3 is 10.0 Å². The summed E-state index contributed by atoms with van der Waals surface area (Å²) in [5.41, 5.74) is 2.36. The summed E-state index contributed by atoms with van der Waals surface area (Å²) in [6.07, 6.45) is 7.23. The van der Waals surface area contributed by atoms with Gasteiger partial charge in [0.15, 0.2) is 0 Å². The van der Waals surface area contributed by atoms with Crippen LogP contribution >= 0.6 is 11.8 Å². The molecule has 0 radical (unpaired) electrons. The molecular formula is C23H27NO3S. The van der Waals surface area contributed by atoms with E-state index in [1.807, 2.05) is 17.8 Å². The third kappa shape index (κ3) is 4.76. The highest BCUT2D eigenvalue weighted by Crippen LogP contribution is 2.33. The molecule has 2 aromatic carbocycles. The Balaban J connectivity index is 1.66. The van der Waals surface area contributed by atoms with Crippen molar-refractivity contribution in [1.82, 2.24) is 0 Å². The first-order chi connectivity index (χ1) is 13.6. The normalized spacial score (nSPS) is 12.8. The van der Waals surface area contributed by atoms with Crippen LogP contribution in [0.25, 0.3) is 0 Å². The molecule has 0 aromatic heterocycles. The molecule has 1 heterocycles. The van der Waals surface area contributed by atoms with Crippen molar-refractivity contribution in [2.45, 2.75) is 50.3 Å². The van der Waals surface area contributed by atoms with Crippen molar-refractivity contribution in [2.24, 2.45) is 0 Å². The van der Waals surface area contributed by atoms with Gasteiger partial charge in [0.05, 0.1) is 11.1 Å². The summed E-state index contributed by atoms with van der Waals surface area (Å²) in [4.78, 5) is 27.4. The second-order valence-corrected chi connectivity index (χ2v) is 8.28. The van der Waals surface area contributed by atoms with E-state index in [9.17, 15) is 14.7 Å². The van der Waals surface area contributed by atoms with E-state index in [1.165, 1.54) is 43.1 Å². The average molecular weight is 398 g/mol. The second-order valence-electron chi connectivity index (χ2n) is 7.11. The molecule has 5 heteroatoms. The highest BCUT2D eigenvalue weighted by Gasteiger charge is 2.28. The van der Waals surface area contributed by atoms with Crippen LogP contribution in [-0.2, 0) is 6.42 Å². The van der Waals surface area contributed by atoms with Gasteiger partial charge in [-0.3, -0.25) is 4.79 Å². The lowest BCUT2D eigenvalue weighted by Gasteiger charge is -2.18. The molecule has 0 bridgehead atoms. The number of thioether (sulfide) groups is 1. The van der Waals surface area contributed by atoms with E-state index >= 15 is 0 Å². The van der Waals surface area contributed by atoms with Crippen LogP contribution in [-0.4, -0.2) is 29.3 Å². The van der Waals surface area contributed by atoms with Gasteiger partial charge in [0.1, 0.15) is 0 Å². The zero-order valence-electron chi connectivity index (χ0n) is 16.3. The first-order valence-corrected chi connectivity index (χ1v) is 11.0. The van der Waals surface area contributed by atoms with Crippen molar-refractivity contribution in [3.8, 4) is 0 Å². The van der Waals surface area contributed by atoms with Crippen LogP contribution in [0.5, 0.6) is 0 Å². The quantitative estimate of drug-likeness (QED) is 0.439. The number of benzene rings is 2. The minimum absolute atomic E-state index is 0.0520. The van der Waals surface area contributed by atoms with Gasteiger partial charge >= 0.3 is 5.97 Å². The van der Waals surface area contributed by atoms with Crippen LogP contribution in [0.15, 0.2) is 47.4 Å². The number of carboxylic acids is 1. The molecule has 0 atom stereocenters. The molecule has 0 spiro atoms. The summed E-state index contributed by atoms with van der Waals surface area (Å²) in [5.74, 6) is -0.195. The highest BCUT2D eigenvalue weighted by atomic mass is 32.2. The van der Waals surface area contributed by atoms with E-state index in [2.05, 4.69) is 19.1 Å². The number of rotatable bonds is 9. The van der Waals surface area contributed by atoms with Crippen LogP contribution in [0, 0.1) is 0 Å². The third-order valence-corrected chi connectivity index (χ3v) is 6.18. The molecule has 0 fully saturated rings. The largest absolute Gasteiger partial charge is 0.478 e. The Morgan fingerprint density at radius 1 is 1.04 bits per heavy atom. The first kappa shape index (κ1) is 20.5. The Morgan fingerprint density at radius 2 is 1.79 bits per heavy atom. The van der Waals surface area contributed by atoms with Crippen LogP contribution < -0.4 is 4.90 Å². The number of hydrogen-bond donors (Lipinski definition) is 1. The van der Waals surface area contributed by atoms with Gasteiger partial charge in [-0.15, -0.1) is 11.8 Å². The van der Waals surface area contributed by atoms with Gasteiger partial charge in [0.25, 0.3) is 5.91 Å². The lowest BCUT2D eigenvalue weighted by Crippen LogP contribution is -2.30. The molecule has 148 valence electrons. The Hall–Kier alpha value is -2.27. The van der Waals surface area contributed by atoms with Crippen LogP contribution in [0.3, 0.4) is 0 Å². The number of unbranched alkanes of at least 4 members (excludes halogenated alkanes) is 4. The molecule has 1 aliphatic rings. The number of fused-ring (bicyclic) bond motifs is 1. The van der Waals surface area contributed by atoms with Crippen molar-refractivity contribution in [3.05, 3.63) is 59.2 Å². The number of nitrogens with zero attached hydrogens (tertiary/aromatic N) is 1. The smallest absolute Gasteiger partial charge is 0.336 e. The molecule has 1 amide bonds. The number of aromatic carboxylic acids is 1. The number of carbonyl (C=O) groups excluding carboxylic acids is 1. The highest BCUT2D eigenvalue weighted by molar-refractivity contribution is 7.99. The maximum Gasteiger partial charge on any atom is 0.336 e. The molecule has 28 heavy (non-hydrogen) atoms. The van der Waals surface area contributed by atoms with Crippen LogP contribution in [0.2, 0.25) is 0 Å². The lowest BCUT2D eigenvalue weighted by atomic mass is 10.1. The summed E-state index contributed by atoms with van der Waals surface area (Å²) in [6.45, 7) is 2.82. The van der Waals surface area contributed by atoms with Gasteiger partial charge in [-0.25, -0.2) is 4.79 Å². The van der Waals surface area contributed by atoms with E-state index in [0.717, 1.165) is 23.4 Å². The maximum absolute atomic E-state index is 13.0. The van der Waals surface area contributed by atoms with Crippen molar-refractivity contribution in [1.29, 1.82) is 0 Å². The van der Waals surface area contributed by atoms with Crippen LogP contribution in [0.1, 0.15) is 65.3 Å². The first-order valence-electron chi connectivity index (χ1n) is 10.0. The zero-order chi connectivity index (χ0) is 19.9. The van der Waals surface area contributed by atoms with Gasteiger partial charge in [0, 0.05) is 17.1 Å². The van der Waals surface area contributed by atoms with Gasteiger partial charge in [0.2, 0.25) is 0 Å². The van der Waals surface area contributed by atoms with E-state index in [0.29, 0.717) is 6.54 Å². The molecule has 1 N–H and O–H groups in total. The van der Waals surface area contributed by atoms with Gasteiger partial charge in [-0.05, 0) is 54.5 Å². The molecule has 3 rings (SSSR count). The van der Waals surface area contributed by atoms with Crippen molar-refractivity contribution < 1.29 is 14.7 Å². The summed E-state index contributed by atoms with van der Waals surface area (Å²) >= 11 is 1.88. The maximum atomic E-state index is 13.0. The monoisotopic (exact) mass is 397 g/mol. The standard InChI is InChI=1S/C23H27NO3S/c1-2-3-4-5-8-15-28-18-11-12-21-17(16-18)13-14-24(21)22(25)19-9-6-7-10-20(19)23(26)27/h6-7,9-12,16H,2-5,8,13-15H2,1H3,(H,26,27). The Bertz CT molecular complexity index is 849.